The second-order valence-corrected chi connectivity index (χ2v) is 4.29. The first-order valence-corrected chi connectivity index (χ1v) is 5.74. The minimum Gasteiger partial charge on any atom is -0.505 e. The van der Waals surface area contributed by atoms with E-state index in [1.165, 1.54) is 6.07 Å². The number of hydrogen-bond acceptors (Lipinski definition) is 3. The predicted octanol–water partition coefficient (Wildman–Crippen LogP) is 3.49. The summed E-state index contributed by atoms with van der Waals surface area (Å²) in [6.07, 6.45) is 0.321. The van der Waals surface area contributed by atoms with Crippen LogP contribution in [0.3, 0.4) is 0 Å². The Labute approximate surface area is 104 Å². The molecule has 2 aromatic rings. The topological polar surface area (TPSA) is 50.2 Å². The number of carbonyl (C=O) groups is 1. The van der Waals surface area contributed by atoms with E-state index < -0.39 is 0 Å². The van der Waals surface area contributed by atoms with E-state index in [2.05, 4.69) is 4.98 Å². The molecular weight excluding hydrogens is 238 g/mol. The Hall–Kier alpha value is -1.61. The molecule has 0 saturated heterocycles. The number of rotatable bonds is 2. The number of phenols is 1. The van der Waals surface area contributed by atoms with E-state index in [1.807, 2.05) is 13.0 Å². The lowest BCUT2D eigenvalue weighted by Crippen LogP contribution is -1.99. The van der Waals surface area contributed by atoms with Gasteiger partial charge < -0.3 is 5.11 Å². The molecule has 88 valence electrons. The fourth-order valence-corrected chi connectivity index (χ4v) is 1.99. The van der Waals surface area contributed by atoms with Crippen molar-refractivity contribution in [3.8, 4) is 5.75 Å². The quantitative estimate of drug-likeness (QED) is 0.829. The van der Waals surface area contributed by atoms with Crippen LogP contribution in [0.25, 0.3) is 10.9 Å². The number of aromatic nitrogens is 1. The highest BCUT2D eigenvalue weighted by atomic mass is 35.5. The first kappa shape index (κ1) is 11.9. The fraction of sp³-hybridized carbons (Fsp3) is 0.231. The van der Waals surface area contributed by atoms with Gasteiger partial charge in [-0.2, -0.15) is 0 Å². The molecule has 0 aliphatic heterocycles. The van der Waals surface area contributed by atoms with E-state index in [-0.39, 0.29) is 17.1 Å². The molecule has 17 heavy (non-hydrogen) atoms. The van der Waals surface area contributed by atoms with Crippen molar-refractivity contribution in [2.24, 2.45) is 0 Å². The Bertz CT molecular complexity index is 608. The van der Waals surface area contributed by atoms with Crippen LogP contribution < -0.4 is 0 Å². The zero-order valence-electron chi connectivity index (χ0n) is 9.62. The third kappa shape index (κ3) is 1.98. The average molecular weight is 250 g/mol. The number of nitrogens with zero attached hydrogens (tertiary/aromatic N) is 1. The lowest BCUT2D eigenvalue weighted by atomic mass is 10.0. The Morgan fingerprint density at radius 1 is 1.47 bits per heavy atom. The summed E-state index contributed by atoms with van der Waals surface area (Å²) >= 11 is 6.08. The number of fused-ring (bicyclic) bond motifs is 1. The molecule has 0 amide bonds. The van der Waals surface area contributed by atoms with E-state index in [9.17, 15) is 9.90 Å². The van der Waals surface area contributed by atoms with Crippen LogP contribution in [-0.4, -0.2) is 15.9 Å². The van der Waals surface area contributed by atoms with Gasteiger partial charge in [0.2, 0.25) is 0 Å². The highest BCUT2D eigenvalue weighted by molar-refractivity contribution is 6.36. The van der Waals surface area contributed by atoms with Crippen molar-refractivity contribution < 1.29 is 9.90 Å². The van der Waals surface area contributed by atoms with Crippen LogP contribution in [-0.2, 0) is 0 Å². The molecule has 1 heterocycles. The molecule has 0 radical (unpaired) electrons. The van der Waals surface area contributed by atoms with Crippen LogP contribution in [0.1, 0.15) is 29.4 Å². The van der Waals surface area contributed by atoms with Crippen molar-refractivity contribution >= 4 is 28.3 Å². The molecule has 3 nitrogen and oxygen atoms in total. The molecule has 0 aliphatic rings. The Morgan fingerprint density at radius 2 is 2.18 bits per heavy atom. The molecule has 0 unspecified atom stereocenters. The molecule has 1 aromatic heterocycles. The third-order valence-corrected chi connectivity index (χ3v) is 2.98. The number of aryl methyl sites for hydroxylation is 1. The fourth-order valence-electron chi connectivity index (χ4n) is 1.73. The lowest BCUT2D eigenvalue weighted by molar-refractivity contribution is 0.0986. The van der Waals surface area contributed by atoms with Crippen molar-refractivity contribution in [3.63, 3.8) is 0 Å². The molecule has 0 spiro atoms. The normalized spacial score (nSPS) is 10.8. The summed E-state index contributed by atoms with van der Waals surface area (Å²) in [6.45, 7) is 3.56. The van der Waals surface area contributed by atoms with Gasteiger partial charge in [0.25, 0.3) is 0 Å². The SMILES string of the molecule is CCC(=O)c1cc(Cl)c2ccc(C)nc2c1O. The number of ketones is 1. The monoisotopic (exact) mass is 249 g/mol. The summed E-state index contributed by atoms with van der Waals surface area (Å²) in [5, 5.41) is 11.1. The number of phenolic OH excluding ortho intramolecular Hbond substituents is 1. The minimum absolute atomic E-state index is 0.0834. The Balaban J connectivity index is 2.82. The predicted molar refractivity (Wildman–Crippen MR) is 67.8 cm³/mol. The van der Waals surface area contributed by atoms with Crippen LogP contribution in [0.2, 0.25) is 5.02 Å². The van der Waals surface area contributed by atoms with Gasteiger partial charge in [-0.25, -0.2) is 4.98 Å². The van der Waals surface area contributed by atoms with Gasteiger partial charge in [-0.05, 0) is 25.1 Å². The van der Waals surface area contributed by atoms with Crippen molar-refractivity contribution in [1.82, 2.24) is 4.98 Å². The van der Waals surface area contributed by atoms with Crippen molar-refractivity contribution in [1.29, 1.82) is 0 Å². The van der Waals surface area contributed by atoms with Crippen LogP contribution >= 0.6 is 11.6 Å². The van der Waals surface area contributed by atoms with E-state index >= 15 is 0 Å². The van der Waals surface area contributed by atoms with Gasteiger partial charge >= 0.3 is 0 Å². The van der Waals surface area contributed by atoms with Gasteiger partial charge in [0, 0.05) is 17.5 Å². The second kappa shape index (κ2) is 4.34. The first-order valence-electron chi connectivity index (χ1n) is 5.36. The van der Waals surface area contributed by atoms with Gasteiger partial charge in [-0.15, -0.1) is 0 Å². The number of carbonyl (C=O) groups excluding carboxylic acids is 1. The second-order valence-electron chi connectivity index (χ2n) is 3.88. The Kier molecular flexibility index (Phi) is 3.03. The molecular formula is C13H12ClNO2. The van der Waals surface area contributed by atoms with Gasteiger partial charge in [-0.1, -0.05) is 18.5 Å². The molecule has 1 aromatic carbocycles. The molecule has 0 bridgehead atoms. The first-order chi connectivity index (χ1) is 8.04. The van der Waals surface area contributed by atoms with Gasteiger partial charge in [0.15, 0.2) is 11.5 Å². The maximum absolute atomic E-state index is 11.7. The third-order valence-electron chi connectivity index (χ3n) is 2.66. The standard InChI is InChI=1S/C13H12ClNO2/c1-3-11(16)9-6-10(14)8-5-4-7(2)15-12(8)13(9)17/h4-6,17H,3H2,1-2H3. The summed E-state index contributed by atoms with van der Waals surface area (Å²) in [6, 6.07) is 5.11. The zero-order chi connectivity index (χ0) is 12.6. The molecule has 0 fully saturated rings. The molecule has 0 atom stereocenters. The number of benzene rings is 1. The molecule has 0 aliphatic carbocycles. The van der Waals surface area contributed by atoms with Gasteiger partial charge in [-0.3, -0.25) is 4.79 Å². The van der Waals surface area contributed by atoms with Gasteiger partial charge in [0.1, 0.15) is 5.52 Å². The number of pyridine rings is 1. The largest absolute Gasteiger partial charge is 0.505 e. The average Bonchev–Trinajstić information content (AvgIpc) is 2.32. The van der Waals surface area contributed by atoms with Crippen LogP contribution in [0.5, 0.6) is 5.75 Å². The number of aromatic hydroxyl groups is 1. The van der Waals surface area contributed by atoms with E-state index in [0.717, 1.165) is 5.69 Å². The highest BCUT2D eigenvalue weighted by Gasteiger charge is 2.16. The maximum atomic E-state index is 11.7. The smallest absolute Gasteiger partial charge is 0.166 e. The maximum Gasteiger partial charge on any atom is 0.166 e. The number of hydrogen-bond donors (Lipinski definition) is 1. The summed E-state index contributed by atoms with van der Waals surface area (Å²) in [5.41, 5.74) is 1.39. The molecule has 1 N–H and O–H groups in total. The summed E-state index contributed by atoms with van der Waals surface area (Å²) in [4.78, 5) is 15.9. The summed E-state index contributed by atoms with van der Waals surface area (Å²) < 4.78 is 0. The van der Waals surface area contributed by atoms with Crippen molar-refractivity contribution in [2.75, 3.05) is 0 Å². The van der Waals surface area contributed by atoms with E-state index in [4.69, 9.17) is 11.6 Å². The molecule has 0 saturated carbocycles. The Morgan fingerprint density at radius 3 is 2.82 bits per heavy atom. The van der Waals surface area contributed by atoms with E-state index in [0.29, 0.717) is 22.3 Å². The molecule has 2 rings (SSSR count). The lowest BCUT2D eigenvalue weighted by Gasteiger charge is -2.08. The van der Waals surface area contributed by atoms with Crippen LogP contribution in [0.15, 0.2) is 18.2 Å². The van der Waals surface area contributed by atoms with Crippen LogP contribution in [0, 0.1) is 6.92 Å². The summed E-state index contributed by atoms with van der Waals surface area (Å²) in [7, 11) is 0. The van der Waals surface area contributed by atoms with E-state index in [1.54, 1.807) is 13.0 Å². The summed E-state index contributed by atoms with van der Waals surface area (Å²) in [5.74, 6) is -0.227. The number of halogens is 1. The van der Waals surface area contributed by atoms with Gasteiger partial charge in [0.05, 0.1) is 10.6 Å². The van der Waals surface area contributed by atoms with Crippen molar-refractivity contribution in [3.05, 3.63) is 34.5 Å². The minimum atomic E-state index is -0.144. The number of Topliss-reactive ketones (excluding diaryl/α,β-unsaturated/α-hetero) is 1. The highest BCUT2D eigenvalue weighted by Crippen LogP contribution is 2.33. The zero-order valence-corrected chi connectivity index (χ0v) is 10.4. The van der Waals surface area contributed by atoms with Crippen molar-refractivity contribution in [2.45, 2.75) is 20.3 Å². The molecule has 4 heteroatoms. The van der Waals surface area contributed by atoms with Crippen LogP contribution in [0.4, 0.5) is 0 Å².